The Bertz CT molecular complexity index is 3730. The van der Waals surface area contributed by atoms with Gasteiger partial charge in [-0.15, -0.1) is 0 Å². The number of fused-ring (bicyclic) bond motifs is 1. The third-order valence-corrected chi connectivity index (χ3v) is 16.7. The van der Waals surface area contributed by atoms with Crippen LogP contribution < -0.4 is 82.3 Å². The van der Waals surface area contributed by atoms with Crippen LogP contribution >= 0.6 is 11.6 Å². The monoisotopic (exact) mass is 1400 g/mol. The summed E-state index contributed by atoms with van der Waals surface area (Å²) in [5.74, 6) is -10.2. The molecule has 1 saturated heterocycles. The van der Waals surface area contributed by atoms with E-state index in [0.717, 1.165) is 10.8 Å². The number of rotatable bonds is 37. The van der Waals surface area contributed by atoms with Gasteiger partial charge in [0.2, 0.25) is 65.0 Å². The van der Waals surface area contributed by atoms with Gasteiger partial charge in [0.15, 0.2) is 5.96 Å². The molecular weight excluding hydrogens is 1310 g/mol. The number of nitrogens with zero attached hydrogens (tertiary/aromatic N) is 2. The smallest absolute Gasteiger partial charge is 0.312 e. The van der Waals surface area contributed by atoms with Crippen molar-refractivity contribution in [2.75, 3.05) is 25.4 Å². The SMILES string of the molecule is CC(C)C[C@H](NC(=O)[C@@H](Cc1ccc(N)cc1)NC(=O)[C@H](CCC(N)=O)NC(=O)[C@H](CO)NC(=O)[C@@H](Cc1ccccc1)NC(=O)[C@@H](Cc1ccc(Cl)cc1)NC(=O)[C@@H](Cc1ccc2ccccc2c1)NC(N)=O)C(=O)N[C@@H](CCCN=C(N)N)C(=O)N1CCC[C@H]1C(=O)N[C@H](C)C(N)=O. The Hall–Kier alpha value is -10.9. The highest BCUT2D eigenvalue weighted by Gasteiger charge is 2.40. The number of halogens is 1. The van der Waals surface area contributed by atoms with Crippen molar-refractivity contribution in [3.8, 4) is 0 Å². The topological polar surface area (TPSA) is 505 Å². The number of guanidine groups is 1. The summed E-state index contributed by atoms with van der Waals surface area (Å²) in [5.41, 5.74) is 36.1. The highest BCUT2D eigenvalue weighted by atomic mass is 35.5. The summed E-state index contributed by atoms with van der Waals surface area (Å²) in [6.07, 6.45) is -0.905. The molecule has 1 fully saturated rings. The zero-order chi connectivity index (χ0) is 73.2. The minimum atomic E-state index is -1.86. The van der Waals surface area contributed by atoms with Crippen LogP contribution in [0.3, 0.4) is 0 Å². The van der Waals surface area contributed by atoms with E-state index in [9.17, 15) is 62.6 Å². The van der Waals surface area contributed by atoms with E-state index in [1.807, 2.05) is 36.4 Å². The number of aliphatic hydroxyl groups is 1. The van der Waals surface area contributed by atoms with Crippen LogP contribution in [0.25, 0.3) is 10.8 Å². The number of nitrogens with two attached hydrogens (primary N) is 6. The predicted molar refractivity (Wildman–Crippen MR) is 374 cm³/mol. The third kappa shape index (κ3) is 24.9. The molecule has 0 spiro atoms. The number of carbonyl (C=O) groups is 12. The fourth-order valence-corrected chi connectivity index (χ4v) is 11.3. The number of amides is 13. The minimum absolute atomic E-state index is 0.0133. The Balaban J connectivity index is 1.24. The van der Waals surface area contributed by atoms with Crippen LogP contribution in [0.1, 0.15) is 88.0 Å². The first-order valence-electron chi connectivity index (χ1n) is 32.7. The number of primary amides is 3. The van der Waals surface area contributed by atoms with Gasteiger partial charge in [-0.2, -0.15) is 0 Å². The Morgan fingerprint density at radius 2 is 0.980 bits per heavy atom. The molecule has 0 saturated carbocycles. The van der Waals surface area contributed by atoms with Crippen LogP contribution in [-0.4, -0.2) is 167 Å². The van der Waals surface area contributed by atoms with E-state index >= 15 is 0 Å². The maximum Gasteiger partial charge on any atom is 0.312 e. The highest BCUT2D eigenvalue weighted by molar-refractivity contribution is 6.30. The summed E-state index contributed by atoms with van der Waals surface area (Å²) >= 11 is 6.21. The number of anilines is 1. The van der Waals surface area contributed by atoms with Crippen LogP contribution in [0.2, 0.25) is 5.02 Å². The van der Waals surface area contributed by atoms with Gasteiger partial charge in [0, 0.05) is 55.9 Å². The van der Waals surface area contributed by atoms with Crippen LogP contribution in [0.15, 0.2) is 126 Å². The fraction of sp³-hybridized carbons (Fsp3) is 0.406. The maximum absolute atomic E-state index is 14.8. The number of likely N-dealkylation sites (tertiary alicyclic amines) is 1. The van der Waals surface area contributed by atoms with E-state index in [4.69, 9.17) is 46.0 Å². The summed E-state index contributed by atoms with van der Waals surface area (Å²) in [6.45, 7) is 4.02. The first-order valence-corrected chi connectivity index (χ1v) is 33.1. The molecule has 0 aromatic heterocycles. The van der Waals surface area contributed by atoms with Gasteiger partial charge < -0.3 is 92.3 Å². The second-order valence-electron chi connectivity index (χ2n) is 24.9. The molecule has 1 heterocycles. The molecular formula is C69H90ClN17O13. The van der Waals surface area contributed by atoms with Crippen molar-refractivity contribution >= 4 is 105 Å². The molecule has 31 heteroatoms. The molecule has 5 aromatic rings. The standard InChI is InChI=1S/C69H90ClN17O13/c1-38(2)31-50(60(92)80-49(15-9-29-77-68(74)75)67(99)87-30-10-16-56(87)66(98)78-39(3)58(73)90)81-61(93)52(35-42-20-25-47(71)26-21-42)82-59(91)48(27-28-57(72)89)79-65(97)55(37-88)85-63(95)51(33-40-11-5-4-6-12-40)83-62(94)53(34-41-18-23-46(70)24-19-41)84-64(96)54(86-69(76)100)36-43-17-22-44-13-7-8-14-45(44)32-43/h4-8,11-14,17-26,32,38-39,48-56,88H,9-10,15-16,27-31,33-37,71H2,1-3H3,(H2,72,89)(H2,73,90)(H,78,98)(H,79,97)(H,80,92)(H,81,93)(H,82,91)(H,83,94)(H,84,96)(H,85,95)(H4,74,75,77)(H3,76,86,100)/t39-,48+,49+,50+,51-,52-,53-,54-,55+,56+/m1/s1. The molecule has 1 aliphatic heterocycles. The number of nitrogen functional groups attached to an aromatic ring is 1. The number of urea groups is 1. The lowest BCUT2D eigenvalue weighted by atomic mass is 9.99. The number of carbonyl (C=O) groups excluding carboxylic acids is 12. The quantitative estimate of drug-likeness (QED) is 0.00993. The molecule has 13 amide bonds. The average Bonchev–Trinajstić information content (AvgIpc) is 1.47. The second kappa shape index (κ2) is 38.3. The fourth-order valence-electron chi connectivity index (χ4n) is 11.2. The van der Waals surface area contributed by atoms with E-state index < -0.39 is 151 Å². The van der Waals surface area contributed by atoms with Gasteiger partial charge in [-0.1, -0.05) is 123 Å². The normalized spacial score (nSPS) is 15.3. The first kappa shape index (κ1) is 78.1. The Morgan fingerprint density at radius 3 is 1.52 bits per heavy atom. The Morgan fingerprint density at radius 1 is 0.520 bits per heavy atom. The van der Waals surface area contributed by atoms with E-state index in [1.165, 1.54) is 11.8 Å². The van der Waals surface area contributed by atoms with Crippen LogP contribution in [0.4, 0.5) is 10.5 Å². The molecule has 100 heavy (non-hydrogen) atoms. The number of hydrogen-bond acceptors (Lipinski definition) is 15. The first-order chi connectivity index (χ1) is 47.6. The van der Waals surface area contributed by atoms with Crippen LogP contribution in [-0.2, 0) is 78.4 Å². The largest absolute Gasteiger partial charge is 0.399 e. The Labute approximate surface area is 583 Å². The molecule has 0 aliphatic carbocycles. The summed E-state index contributed by atoms with van der Waals surface area (Å²) in [4.78, 5) is 172. The van der Waals surface area contributed by atoms with Crippen molar-refractivity contribution in [2.45, 2.75) is 152 Å². The zero-order valence-electron chi connectivity index (χ0n) is 55.9. The van der Waals surface area contributed by atoms with E-state index in [2.05, 4.69) is 52.8 Å². The predicted octanol–water partition coefficient (Wildman–Crippen LogP) is -0.885. The lowest BCUT2D eigenvalue weighted by molar-refractivity contribution is -0.142. The van der Waals surface area contributed by atoms with E-state index in [-0.39, 0.29) is 76.3 Å². The van der Waals surface area contributed by atoms with Crippen molar-refractivity contribution < 1.29 is 62.6 Å². The van der Waals surface area contributed by atoms with Gasteiger partial charge in [-0.3, -0.25) is 57.7 Å². The van der Waals surface area contributed by atoms with Crippen molar-refractivity contribution in [1.29, 1.82) is 0 Å². The van der Waals surface area contributed by atoms with E-state index in [1.54, 1.807) is 98.8 Å². The van der Waals surface area contributed by atoms with Crippen molar-refractivity contribution in [1.82, 2.24) is 52.8 Å². The molecule has 5 aromatic carbocycles. The Kier molecular flexibility index (Phi) is 29.9. The molecule has 0 radical (unpaired) electrons. The number of nitrogens with one attached hydrogen (secondary N) is 9. The summed E-state index contributed by atoms with van der Waals surface area (Å²) < 4.78 is 0. The van der Waals surface area contributed by atoms with Gasteiger partial charge in [-0.25, -0.2) is 4.79 Å². The van der Waals surface area contributed by atoms with Gasteiger partial charge in [0.25, 0.3) is 0 Å². The molecule has 6 rings (SSSR count). The van der Waals surface area contributed by atoms with Gasteiger partial charge in [0.1, 0.15) is 60.4 Å². The minimum Gasteiger partial charge on any atom is -0.399 e. The molecule has 0 unspecified atom stereocenters. The summed E-state index contributed by atoms with van der Waals surface area (Å²) in [6, 6.07) is 18.8. The molecule has 1 aliphatic rings. The van der Waals surface area contributed by atoms with Crippen molar-refractivity contribution in [3.05, 3.63) is 149 Å². The van der Waals surface area contributed by atoms with Crippen molar-refractivity contribution in [2.24, 2.45) is 39.6 Å². The van der Waals surface area contributed by atoms with Gasteiger partial charge in [0.05, 0.1) is 6.61 Å². The number of benzene rings is 5. The molecule has 10 atom stereocenters. The lowest BCUT2D eigenvalue weighted by Gasteiger charge is -2.31. The highest BCUT2D eigenvalue weighted by Crippen LogP contribution is 2.22. The van der Waals surface area contributed by atoms with E-state index in [0.29, 0.717) is 39.4 Å². The average molecular weight is 1400 g/mol. The molecule has 22 N–H and O–H groups in total. The third-order valence-electron chi connectivity index (χ3n) is 16.5. The molecule has 536 valence electrons. The lowest BCUT2D eigenvalue weighted by Crippen LogP contribution is -2.61. The van der Waals surface area contributed by atoms with Crippen LogP contribution in [0.5, 0.6) is 0 Å². The second-order valence-corrected chi connectivity index (χ2v) is 25.4. The maximum atomic E-state index is 14.8. The molecule has 30 nitrogen and oxygen atoms in total. The van der Waals surface area contributed by atoms with Gasteiger partial charge in [-0.05, 0) is 109 Å². The number of aliphatic imine (C=N–C) groups is 1. The summed E-state index contributed by atoms with van der Waals surface area (Å²) in [7, 11) is 0. The van der Waals surface area contributed by atoms with Crippen molar-refractivity contribution in [3.63, 3.8) is 0 Å². The molecule has 0 bridgehead atoms. The summed E-state index contributed by atoms with van der Waals surface area (Å²) in [5, 5.41) is 36.4. The zero-order valence-corrected chi connectivity index (χ0v) is 56.6. The number of hydrogen-bond donors (Lipinski definition) is 16. The number of aliphatic hydroxyl groups excluding tert-OH is 1. The van der Waals surface area contributed by atoms with Gasteiger partial charge >= 0.3 is 6.03 Å². The van der Waals surface area contributed by atoms with Crippen LogP contribution in [0, 0.1) is 5.92 Å².